The molecule has 0 bridgehead atoms. The van der Waals surface area contributed by atoms with Crippen LogP contribution < -0.4 is 5.32 Å². The van der Waals surface area contributed by atoms with Gasteiger partial charge in [-0.15, -0.1) is 0 Å². The van der Waals surface area contributed by atoms with Crippen LogP contribution in [-0.2, 0) is 6.54 Å². The van der Waals surface area contributed by atoms with Crippen LogP contribution in [0.4, 0.5) is 0 Å². The largest absolute Gasteiger partial charge is 0.312 e. The topological polar surface area (TPSA) is 42.7 Å². The fourth-order valence-electron chi connectivity index (χ4n) is 2.03. The second-order valence-corrected chi connectivity index (χ2v) is 5.85. The van der Waals surface area contributed by atoms with Crippen molar-refractivity contribution in [3.63, 3.8) is 0 Å². The molecule has 20 heavy (non-hydrogen) atoms. The third-order valence-corrected chi connectivity index (χ3v) is 3.15. The zero-order valence-electron chi connectivity index (χ0n) is 12.8. The monoisotopic (exact) mass is 272 g/mol. The number of rotatable bonds is 6. The summed E-state index contributed by atoms with van der Waals surface area (Å²) in [4.78, 5) is 4.48. The third kappa shape index (κ3) is 3.67. The summed E-state index contributed by atoms with van der Waals surface area (Å²) in [5, 5.41) is 8.07. The molecule has 2 rings (SSSR count). The number of hydrogen-bond donors (Lipinski definition) is 1. The lowest BCUT2D eigenvalue weighted by molar-refractivity contribution is 0.550. The minimum atomic E-state index is 0.433. The molecule has 0 unspecified atom stereocenters. The molecule has 0 fully saturated rings. The van der Waals surface area contributed by atoms with Gasteiger partial charge in [0.05, 0.1) is 5.69 Å². The van der Waals surface area contributed by atoms with Crippen molar-refractivity contribution in [1.82, 2.24) is 20.1 Å². The smallest absolute Gasteiger partial charge is 0.157 e. The molecule has 2 aromatic rings. The summed E-state index contributed by atoms with van der Waals surface area (Å²) in [5.74, 6) is 1.99. The SMILES string of the molecule is CC(C)CNCc1cccnc1-n1ccc(C(C)C)n1. The normalized spacial score (nSPS) is 11.5. The first kappa shape index (κ1) is 14.7. The van der Waals surface area contributed by atoms with Crippen LogP contribution in [0, 0.1) is 5.92 Å². The van der Waals surface area contributed by atoms with E-state index in [4.69, 9.17) is 0 Å². The summed E-state index contributed by atoms with van der Waals surface area (Å²) in [6.45, 7) is 10.5. The van der Waals surface area contributed by atoms with Gasteiger partial charge in [-0.3, -0.25) is 0 Å². The molecule has 0 spiro atoms. The van der Waals surface area contributed by atoms with Gasteiger partial charge in [0.25, 0.3) is 0 Å². The Kier molecular flexibility index (Phi) is 4.90. The Morgan fingerprint density at radius 3 is 2.65 bits per heavy atom. The molecule has 4 heteroatoms. The van der Waals surface area contributed by atoms with Crippen molar-refractivity contribution in [2.45, 2.75) is 40.2 Å². The molecule has 0 aliphatic carbocycles. The Labute approximate surface area is 121 Å². The van der Waals surface area contributed by atoms with Crippen molar-refractivity contribution in [1.29, 1.82) is 0 Å². The standard InChI is InChI=1S/C16H24N4/c1-12(2)10-17-11-14-6-5-8-18-16(14)20-9-7-15(19-20)13(3)4/h5-9,12-13,17H,10-11H2,1-4H3. The van der Waals surface area contributed by atoms with E-state index in [1.165, 1.54) is 5.56 Å². The zero-order valence-corrected chi connectivity index (χ0v) is 12.8. The molecule has 0 atom stereocenters. The molecule has 0 aliphatic rings. The van der Waals surface area contributed by atoms with Gasteiger partial charge in [0, 0.05) is 24.5 Å². The minimum absolute atomic E-state index is 0.433. The van der Waals surface area contributed by atoms with Crippen LogP contribution >= 0.6 is 0 Å². The van der Waals surface area contributed by atoms with Crippen molar-refractivity contribution in [2.24, 2.45) is 5.92 Å². The van der Waals surface area contributed by atoms with Crippen molar-refractivity contribution in [2.75, 3.05) is 6.54 Å². The van der Waals surface area contributed by atoms with E-state index >= 15 is 0 Å². The maximum absolute atomic E-state index is 4.61. The number of nitrogens with one attached hydrogen (secondary N) is 1. The van der Waals surface area contributed by atoms with E-state index in [1.54, 1.807) is 0 Å². The number of nitrogens with zero attached hydrogens (tertiary/aromatic N) is 3. The van der Waals surface area contributed by atoms with Crippen LogP contribution in [0.3, 0.4) is 0 Å². The molecule has 0 aromatic carbocycles. The van der Waals surface area contributed by atoms with Gasteiger partial charge in [0.15, 0.2) is 5.82 Å². The highest BCUT2D eigenvalue weighted by Gasteiger charge is 2.09. The van der Waals surface area contributed by atoms with Crippen LogP contribution in [-0.4, -0.2) is 21.3 Å². The van der Waals surface area contributed by atoms with Gasteiger partial charge in [-0.2, -0.15) is 5.10 Å². The molecule has 1 N–H and O–H groups in total. The predicted molar refractivity (Wildman–Crippen MR) is 82.0 cm³/mol. The Hall–Kier alpha value is -1.68. The maximum atomic E-state index is 4.61. The van der Waals surface area contributed by atoms with E-state index in [9.17, 15) is 0 Å². The third-order valence-electron chi connectivity index (χ3n) is 3.15. The van der Waals surface area contributed by atoms with Gasteiger partial charge in [0.2, 0.25) is 0 Å². The molecule has 0 saturated heterocycles. The van der Waals surface area contributed by atoms with Gasteiger partial charge < -0.3 is 5.32 Å². The highest BCUT2D eigenvalue weighted by molar-refractivity contribution is 5.33. The van der Waals surface area contributed by atoms with Crippen LogP contribution in [0.5, 0.6) is 0 Å². The van der Waals surface area contributed by atoms with Crippen molar-refractivity contribution in [3.05, 3.63) is 41.9 Å². The van der Waals surface area contributed by atoms with Crippen LogP contribution in [0.2, 0.25) is 0 Å². The molecular formula is C16H24N4. The summed E-state index contributed by atoms with van der Waals surface area (Å²) in [5.41, 5.74) is 2.27. The fourth-order valence-corrected chi connectivity index (χ4v) is 2.03. The average molecular weight is 272 g/mol. The molecule has 2 heterocycles. The molecule has 0 radical (unpaired) electrons. The van der Waals surface area contributed by atoms with Crippen molar-refractivity contribution < 1.29 is 0 Å². The Morgan fingerprint density at radius 1 is 1.20 bits per heavy atom. The van der Waals surface area contributed by atoms with Crippen molar-refractivity contribution >= 4 is 0 Å². The average Bonchev–Trinajstić information content (AvgIpc) is 2.88. The van der Waals surface area contributed by atoms with Gasteiger partial charge in [-0.1, -0.05) is 33.8 Å². The predicted octanol–water partition coefficient (Wildman–Crippen LogP) is 3.14. The summed E-state index contributed by atoms with van der Waals surface area (Å²) >= 11 is 0. The Morgan fingerprint density at radius 2 is 2.00 bits per heavy atom. The van der Waals surface area contributed by atoms with Gasteiger partial charge in [0.1, 0.15) is 0 Å². The molecule has 0 amide bonds. The quantitative estimate of drug-likeness (QED) is 0.878. The molecule has 0 aliphatic heterocycles. The first-order valence-corrected chi connectivity index (χ1v) is 7.28. The van der Waals surface area contributed by atoms with E-state index in [-0.39, 0.29) is 0 Å². The molecule has 108 valence electrons. The Bertz CT molecular complexity index is 543. The lowest BCUT2D eigenvalue weighted by atomic mass is 10.1. The van der Waals surface area contributed by atoms with Crippen LogP contribution in [0.15, 0.2) is 30.6 Å². The summed E-state index contributed by atoms with van der Waals surface area (Å²) in [6, 6.07) is 6.14. The lowest BCUT2D eigenvalue weighted by Crippen LogP contribution is -2.20. The highest BCUT2D eigenvalue weighted by atomic mass is 15.3. The van der Waals surface area contributed by atoms with Gasteiger partial charge in [-0.25, -0.2) is 9.67 Å². The van der Waals surface area contributed by atoms with Gasteiger partial charge in [-0.05, 0) is 30.5 Å². The molecule has 2 aromatic heterocycles. The molecular weight excluding hydrogens is 248 g/mol. The van der Waals surface area contributed by atoms with E-state index in [0.717, 1.165) is 24.6 Å². The molecule has 0 saturated carbocycles. The molecule has 4 nitrogen and oxygen atoms in total. The van der Waals surface area contributed by atoms with E-state index in [2.05, 4.69) is 55.2 Å². The minimum Gasteiger partial charge on any atom is -0.312 e. The van der Waals surface area contributed by atoms with E-state index in [0.29, 0.717) is 11.8 Å². The first-order valence-electron chi connectivity index (χ1n) is 7.28. The first-order chi connectivity index (χ1) is 9.58. The lowest BCUT2D eigenvalue weighted by Gasteiger charge is -2.11. The van der Waals surface area contributed by atoms with Crippen LogP contribution in [0.25, 0.3) is 5.82 Å². The summed E-state index contributed by atoms with van der Waals surface area (Å²) < 4.78 is 1.88. The van der Waals surface area contributed by atoms with Crippen molar-refractivity contribution in [3.8, 4) is 5.82 Å². The van der Waals surface area contributed by atoms with E-state index < -0.39 is 0 Å². The number of hydrogen-bond acceptors (Lipinski definition) is 3. The van der Waals surface area contributed by atoms with E-state index in [1.807, 2.05) is 23.1 Å². The fraction of sp³-hybridized carbons (Fsp3) is 0.500. The van der Waals surface area contributed by atoms with Gasteiger partial charge >= 0.3 is 0 Å². The second-order valence-electron chi connectivity index (χ2n) is 5.85. The zero-order chi connectivity index (χ0) is 14.5. The number of aromatic nitrogens is 3. The summed E-state index contributed by atoms with van der Waals surface area (Å²) in [6.07, 6.45) is 3.81. The Balaban J connectivity index is 2.18. The summed E-state index contributed by atoms with van der Waals surface area (Å²) in [7, 11) is 0. The second kappa shape index (κ2) is 6.66. The van der Waals surface area contributed by atoms with Crippen LogP contribution in [0.1, 0.15) is 44.9 Å². The maximum Gasteiger partial charge on any atom is 0.157 e. The highest BCUT2D eigenvalue weighted by Crippen LogP contribution is 2.15. The number of pyridine rings is 1.